The Balaban J connectivity index is 1.43. The highest BCUT2D eigenvalue weighted by molar-refractivity contribution is 5.27. The zero-order valence-corrected chi connectivity index (χ0v) is 21.3. The maximum Gasteiger partial charge on any atom is 0.573 e. The number of rotatable bonds is 8. The molecule has 10 atom stereocenters. The highest BCUT2D eigenvalue weighted by atomic mass is 19.4. The topological polar surface area (TPSA) is 154 Å². The van der Waals surface area contributed by atoms with Crippen LogP contribution in [0.25, 0.3) is 0 Å². The molecule has 1 aromatic carbocycles. The minimum Gasteiger partial charge on any atom is -0.406 e. The number of ether oxygens (including phenoxy) is 4. The number of nitrogens with one attached hydrogen (secondary N) is 3. The van der Waals surface area contributed by atoms with Crippen LogP contribution in [0, 0.1) is 0 Å². The summed E-state index contributed by atoms with van der Waals surface area (Å²) in [4.78, 5) is 0. The van der Waals surface area contributed by atoms with Crippen LogP contribution in [0.2, 0.25) is 0 Å². The predicted molar refractivity (Wildman–Crippen MR) is 126 cm³/mol. The second-order valence-electron chi connectivity index (χ2n) is 10.1. The van der Waals surface area contributed by atoms with Crippen LogP contribution in [-0.2, 0) is 20.6 Å². The first-order valence-corrected chi connectivity index (χ1v) is 12.5. The van der Waals surface area contributed by atoms with Gasteiger partial charge in [-0.1, -0.05) is 12.1 Å². The van der Waals surface area contributed by atoms with E-state index in [4.69, 9.17) is 14.2 Å². The standard InChI is InChI=1S/C24H36F3N3O8/c1-12-10-22(33,11-30-9-8-13-4-6-14(7-5-13)37-24(25,26)27)23(34)21(35-12)36-20-18(32)15(28-2)17(31)16(29-3)19(20)38-23/h4-7,12,15-21,28-34H,8-11H2,1-3H3. The number of hydrogen-bond acceptors (Lipinski definition) is 11. The van der Waals surface area contributed by atoms with Crippen LogP contribution >= 0.6 is 0 Å². The summed E-state index contributed by atoms with van der Waals surface area (Å²) in [5, 5.41) is 53.8. The Hall–Kier alpha value is -1.59. The summed E-state index contributed by atoms with van der Waals surface area (Å²) in [6.07, 6.45) is -10.6. The summed E-state index contributed by atoms with van der Waals surface area (Å²) in [5.74, 6) is -2.65. The van der Waals surface area contributed by atoms with Crippen LogP contribution in [0.1, 0.15) is 18.9 Å². The summed E-state index contributed by atoms with van der Waals surface area (Å²) < 4.78 is 58.7. The molecule has 14 heteroatoms. The van der Waals surface area contributed by atoms with Crippen molar-refractivity contribution in [3.63, 3.8) is 0 Å². The molecule has 2 saturated heterocycles. The number of hydrogen-bond donors (Lipinski definition) is 7. The SMILES string of the molecule is CNC1C(O)C(NC)C2OC3(O)C(OC(C)CC3(O)CNCCc3ccc(OC(F)(F)F)cc3)OC2C1O. The normalized spacial score (nSPS) is 41.3. The fourth-order valence-corrected chi connectivity index (χ4v) is 5.61. The maximum atomic E-state index is 12.3. The Kier molecular flexibility index (Phi) is 8.60. The molecule has 3 fully saturated rings. The summed E-state index contributed by atoms with van der Waals surface area (Å²) in [6.45, 7) is 1.90. The summed E-state index contributed by atoms with van der Waals surface area (Å²) in [7, 11) is 3.20. The minimum absolute atomic E-state index is 0.00824. The number of benzene rings is 1. The van der Waals surface area contributed by atoms with Crippen LogP contribution in [0.4, 0.5) is 13.2 Å². The van der Waals surface area contributed by atoms with Crippen LogP contribution in [0.15, 0.2) is 24.3 Å². The molecule has 216 valence electrons. The van der Waals surface area contributed by atoms with Crippen molar-refractivity contribution in [3.05, 3.63) is 29.8 Å². The van der Waals surface area contributed by atoms with Crippen molar-refractivity contribution in [2.75, 3.05) is 27.2 Å². The molecule has 11 nitrogen and oxygen atoms in total. The Morgan fingerprint density at radius 2 is 1.66 bits per heavy atom. The predicted octanol–water partition coefficient (Wildman–Crippen LogP) is -1.03. The molecule has 0 radical (unpaired) electrons. The van der Waals surface area contributed by atoms with Gasteiger partial charge in [-0.25, -0.2) is 0 Å². The zero-order chi connectivity index (χ0) is 27.9. The molecule has 0 spiro atoms. The fraction of sp³-hybridized carbons (Fsp3) is 0.750. The molecule has 2 heterocycles. The molecule has 1 aromatic rings. The molecule has 0 amide bonds. The van der Waals surface area contributed by atoms with E-state index >= 15 is 0 Å². The lowest BCUT2D eigenvalue weighted by atomic mass is 9.77. The maximum absolute atomic E-state index is 12.3. The van der Waals surface area contributed by atoms with Crippen LogP contribution in [-0.4, -0.2) is 114 Å². The third-order valence-electron chi connectivity index (χ3n) is 7.51. The van der Waals surface area contributed by atoms with Crippen molar-refractivity contribution in [1.82, 2.24) is 16.0 Å². The summed E-state index contributed by atoms with van der Waals surface area (Å²) in [6, 6.07) is 3.97. The number of halogens is 3. The molecule has 1 saturated carbocycles. The quantitative estimate of drug-likeness (QED) is 0.199. The lowest BCUT2D eigenvalue weighted by Crippen LogP contribution is -2.81. The van der Waals surface area contributed by atoms with Gasteiger partial charge >= 0.3 is 6.36 Å². The largest absolute Gasteiger partial charge is 0.573 e. The van der Waals surface area contributed by atoms with Gasteiger partial charge in [0.2, 0.25) is 12.1 Å². The average Bonchev–Trinajstić information content (AvgIpc) is 2.83. The van der Waals surface area contributed by atoms with Gasteiger partial charge in [-0.3, -0.25) is 0 Å². The Bertz CT molecular complexity index is 943. The van der Waals surface area contributed by atoms with E-state index in [0.717, 1.165) is 5.56 Å². The lowest BCUT2D eigenvalue weighted by Gasteiger charge is -2.60. The smallest absolute Gasteiger partial charge is 0.406 e. The van der Waals surface area contributed by atoms with Gasteiger partial charge in [0, 0.05) is 13.0 Å². The molecule has 4 rings (SSSR count). The lowest BCUT2D eigenvalue weighted by molar-refractivity contribution is -0.482. The number of likely N-dealkylation sites (N-methyl/N-ethyl adjacent to an activating group) is 2. The highest BCUT2D eigenvalue weighted by Crippen LogP contribution is 2.46. The van der Waals surface area contributed by atoms with Crippen LogP contribution in [0.5, 0.6) is 5.75 Å². The van der Waals surface area contributed by atoms with E-state index in [2.05, 4.69) is 20.7 Å². The Labute approximate surface area is 218 Å². The monoisotopic (exact) mass is 551 g/mol. The van der Waals surface area contributed by atoms with Crippen LogP contribution in [0.3, 0.4) is 0 Å². The first kappa shape index (κ1) is 29.4. The first-order valence-electron chi connectivity index (χ1n) is 12.5. The molecule has 0 bridgehead atoms. The summed E-state index contributed by atoms with van der Waals surface area (Å²) in [5.41, 5.74) is -1.14. The van der Waals surface area contributed by atoms with Gasteiger partial charge in [-0.15, -0.1) is 13.2 Å². The number of alkyl halides is 3. The van der Waals surface area contributed by atoms with E-state index in [1.807, 2.05) is 0 Å². The number of aliphatic hydroxyl groups is 4. The van der Waals surface area contributed by atoms with Crippen molar-refractivity contribution in [3.8, 4) is 5.75 Å². The summed E-state index contributed by atoms with van der Waals surface area (Å²) >= 11 is 0. The van der Waals surface area contributed by atoms with E-state index in [1.54, 1.807) is 21.0 Å². The van der Waals surface area contributed by atoms with Crippen molar-refractivity contribution in [2.24, 2.45) is 0 Å². The fourth-order valence-electron chi connectivity index (χ4n) is 5.61. The highest BCUT2D eigenvalue weighted by Gasteiger charge is 2.68. The van der Waals surface area contributed by atoms with Crippen molar-refractivity contribution >= 4 is 0 Å². The van der Waals surface area contributed by atoms with Gasteiger partial charge in [0.25, 0.3) is 0 Å². The second-order valence-corrected chi connectivity index (χ2v) is 10.1. The van der Waals surface area contributed by atoms with Gasteiger partial charge in [0.1, 0.15) is 29.7 Å². The molecule has 2 aliphatic heterocycles. The molecule has 3 aliphatic rings. The molecule has 1 aliphatic carbocycles. The third kappa shape index (κ3) is 5.66. The molecule has 7 N–H and O–H groups in total. The Morgan fingerprint density at radius 1 is 1.00 bits per heavy atom. The van der Waals surface area contributed by atoms with E-state index in [-0.39, 0.29) is 18.7 Å². The van der Waals surface area contributed by atoms with Crippen molar-refractivity contribution in [1.29, 1.82) is 0 Å². The van der Waals surface area contributed by atoms with Gasteiger partial charge in [-0.2, -0.15) is 0 Å². The van der Waals surface area contributed by atoms with Gasteiger partial charge in [0.05, 0.1) is 24.3 Å². The van der Waals surface area contributed by atoms with Gasteiger partial charge in [-0.05, 0) is 51.7 Å². The van der Waals surface area contributed by atoms with Crippen LogP contribution < -0.4 is 20.7 Å². The van der Waals surface area contributed by atoms with E-state index in [9.17, 15) is 33.6 Å². The third-order valence-corrected chi connectivity index (χ3v) is 7.51. The van der Waals surface area contributed by atoms with E-state index in [1.165, 1.54) is 24.3 Å². The van der Waals surface area contributed by atoms with Gasteiger partial charge in [0.15, 0.2) is 0 Å². The van der Waals surface area contributed by atoms with Crippen molar-refractivity contribution in [2.45, 2.75) is 86.4 Å². The molecule has 38 heavy (non-hydrogen) atoms. The van der Waals surface area contributed by atoms with E-state index < -0.39 is 66.6 Å². The first-order chi connectivity index (χ1) is 17.8. The molecule has 0 aromatic heterocycles. The van der Waals surface area contributed by atoms with Gasteiger partial charge < -0.3 is 55.3 Å². The number of fused-ring (bicyclic) bond motifs is 2. The molecular weight excluding hydrogens is 515 g/mol. The minimum atomic E-state index is -4.77. The number of aliphatic hydroxyl groups excluding tert-OH is 2. The zero-order valence-electron chi connectivity index (χ0n) is 21.3. The van der Waals surface area contributed by atoms with E-state index in [0.29, 0.717) is 13.0 Å². The Morgan fingerprint density at radius 3 is 2.26 bits per heavy atom. The molecule has 10 unspecified atom stereocenters. The molecular formula is C24H36F3N3O8. The van der Waals surface area contributed by atoms with Crippen molar-refractivity contribution < 1.29 is 52.5 Å². The second kappa shape index (κ2) is 11.1. The average molecular weight is 552 g/mol.